The Labute approximate surface area is 115 Å². The minimum absolute atomic E-state index is 0.110. The molecule has 100 valence electrons. The third-order valence-corrected chi connectivity index (χ3v) is 3.29. The van der Waals surface area contributed by atoms with Crippen LogP contribution in [-0.2, 0) is 9.59 Å². The van der Waals surface area contributed by atoms with E-state index in [0.29, 0.717) is 16.3 Å². The fourth-order valence-electron chi connectivity index (χ4n) is 1.96. The van der Waals surface area contributed by atoms with Gasteiger partial charge in [-0.25, -0.2) is 0 Å². The largest absolute Gasteiger partial charge is 0.349 e. The summed E-state index contributed by atoms with van der Waals surface area (Å²) in [4.78, 5) is 38.0. The van der Waals surface area contributed by atoms with Gasteiger partial charge in [0.25, 0.3) is 11.7 Å². The summed E-state index contributed by atoms with van der Waals surface area (Å²) in [5.41, 5.74) is 0.709. The van der Waals surface area contributed by atoms with E-state index in [9.17, 15) is 14.4 Å². The molecule has 0 bridgehead atoms. The number of halogens is 1. The Morgan fingerprint density at radius 3 is 2.63 bits per heavy atom. The first-order valence-electron chi connectivity index (χ1n) is 5.78. The molecule has 0 aliphatic carbocycles. The zero-order valence-electron chi connectivity index (χ0n) is 10.6. The highest BCUT2D eigenvalue weighted by Crippen LogP contribution is 2.35. The molecular weight excluding hydrogens is 268 g/mol. The number of benzene rings is 1. The van der Waals surface area contributed by atoms with E-state index in [2.05, 4.69) is 0 Å². The van der Waals surface area contributed by atoms with Crippen LogP contribution >= 0.6 is 11.6 Å². The van der Waals surface area contributed by atoms with Crippen LogP contribution in [0, 0.1) is 0 Å². The van der Waals surface area contributed by atoms with Crippen molar-refractivity contribution >= 4 is 34.9 Å². The molecule has 1 aliphatic heterocycles. The quantitative estimate of drug-likeness (QED) is 0.785. The highest BCUT2D eigenvalue weighted by atomic mass is 35.5. The Kier molecular flexibility index (Phi) is 3.57. The van der Waals surface area contributed by atoms with Crippen molar-refractivity contribution < 1.29 is 14.4 Å². The van der Waals surface area contributed by atoms with Crippen LogP contribution in [0.25, 0.3) is 0 Å². The molecule has 0 radical (unpaired) electrons. The number of para-hydroxylation sites is 1. The van der Waals surface area contributed by atoms with E-state index in [-0.39, 0.29) is 18.9 Å². The van der Waals surface area contributed by atoms with Crippen LogP contribution in [0.15, 0.2) is 18.2 Å². The maximum atomic E-state index is 11.9. The number of carbonyl (C=O) groups excluding carboxylic acids is 3. The summed E-state index contributed by atoms with van der Waals surface area (Å²) in [7, 11) is 3.28. The van der Waals surface area contributed by atoms with Crippen molar-refractivity contribution in [1.29, 1.82) is 0 Å². The smallest absolute Gasteiger partial charge is 0.299 e. The lowest BCUT2D eigenvalue weighted by molar-refractivity contribution is -0.128. The van der Waals surface area contributed by atoms with E-state index in [1.54, 1.807) is 32.3 Å². The number of fused-ring (bicyclic) bond motifs is 1. The van der Waals surface area contributed by atoms with E-state index in [1.807, 2.05) is 0 Å². The molecule has 1 aromatic carbocycles. The zero-order valence-corrected chi connectivity index (χ0v) is 11.4. The second kappa shape index (κ2) is 5.01. The van der Waals surface area contributed by atoms with E-state index in [1.165, 1.54) is 9.80 Å². The summed E-state index contributed by atoms with van der Waals surface area (Å²) < 4.78 is 0. The molecule has 0 aromatic heterocycles. The van der Waals surface area contributed by atoms with Gasteiger partial charge in [-0.3, -0.25) is 14.4 Å². The van der Waals surface area contributed by atoms with Crippen LogP contribution in [-0.4, -0.2) is 43.1 Å². The van der Waals surface area contributed by atoms with Gasteiger partial charge in [0.1, 0.15) is 0 Å². The molecule has 19 heavy (non-hydrogen) atoms. The van der Waals surface area contributed by atoms with E-state index in [4.69, 9.17) is 11.6 Å². The Bertz CT molecular complexity index is 569. The van der Waals surface area contributed by atoms with Crippen molar-refractivity contribution in [2.24, 2.45) is 0 Å². The molecule has 1 aromatic rings. The molecule has 1 heterocycles. The summed E-state index contributed by atoms with van der Waals surface area (Å²) in [6, 6.07) is 4.81. The minimum Gasteiger partial charge on any atom is -0.349 e. The lowest BCUT2D eigenvalue weighted by Gasteiger charge is -2.18. The van der Waals surface area contributed by atoms with Crippen LogP contribution in [0.3, 0.4) is 0 Å². The van der Waals surface area contributed by atoms with Gasteiger partial charge in [0.05, 0.1) is 16.3 Å². The topological polar surface area (TPSA) is 57.7 Å². The van der Waals surface area contributed by atoms with Crippen LogP contribution in [0.5, 0.6) is 0 Å². The molecule has 2 rings (SSSR count). The van der Waals surface area contributed by atoms with E-state index < -0.39 is 11.7 Å². The second-order valence-electron chi connectivity index (χ2n) is 4.46. The summed E-state index contributed by atoms with van der Waals surface area (Å²) in [6.07, 6.45) is 0.149. The fraction of sp³-hybridized carbons (Fsp3) is 0.308. The monoisotopic (exact) mass is 280 g/mol. The fourth-order valence-corrected chi connectivity index (χ4v) is 2.23. The summed E-state index contributed by atoms with van der Waals surface area (Å²) in [5.74, 6) is -1.31. The summed E-state index contributed by atoms with van der Waals surface area (Å²) in [5, 5.41) is 0.342. The predicted molar refractivity (Wildman–Crippen MR) is 71.4 cm³/mol. The molecule has 0 spiro atoms. The SMILES string of the molecule is CN(C)C(=O)CCN1C(=O)C(=O)c2cccc(Cl)c21. The molecule has 0 fully saturated rings. The van der Waals surface area contributed by atoms with Crippen LogP contribution in [0.2, 0.25) is 5.02 Å². The number of Topliss-reactive ketones (excluding diaryl/α,β-unsaturated/α-hetero) is 1. The van der Waals surface area contributed by atoms with Gasteiger partial charge in [0.15, 0.2) is 0 Å². The van der Waals surface area contributed by atoms with Gasteiger partial charge in [-0.05, 0) is 12.1 Å². The third-order valence-electron chi connectivity index (χ3n) is 2.99. The van der Waals surface area contributed by atoms with Crippen molar-refractivity contribution in [3.05, 3.63) is 28.8 Å². The number of hydrogen-bond donors (Lipinski definition) is 0. The molecule has 2 amide bonds. The van der Waals surface area contributed by atoms with Gasteiger partial charge in [-0.15, -0.1) is 0 Å². The number of hydrogen-bond acceptors (Lipinski definition) is 3. The van der Waals surface area contributed by atoms with E-state index >= 15 is 0 Å². The van der Waals surface area contributed by atoms with E-state index in [0.717, 1.165) is 0 Å². The average molecular weight is 281 g/mol. The standard InChI is InChI=1S/C13H13ClN2O3/c1-15(2)10(17)6-7-16-11-8(12(18)13(16)19)4-3-5-9(11)14/h3-5H,6-7H2,1-2H3. The lowest BCUT2D eigenvalue weighted by atomic mass is 10.1. The maximum absolute atomic E-state index is 11.9. The lowest BCUT2D eigenvalue weighted by Crippen LogP contribution is -2.34. The Hall–Kier alpha value is -1.88. The maximum Gasteiger partial charge on any atom is 0.299 e. The van der Waals surface area contributed by atoms with Gasteiger partial charge in [0, 0.05) is 27.1 Å². The first-order valence-corrected chi connectivity index (χ1v) is 6.16. The number of amides is 2. The Morgan fingerprint density at radius 2 is 2.00 bits per heavy atom. The van der Waals surface area contributed by atoms with Crippen molar-refractivity contribution in [2.75, 3.05) is 25.5 Å². The van der Waals surface area contributed by atoms with Gasteiger partial charge in [-0.2, -0.15) is 0 Å². The van der Waals surface area contributed by atoms with Gasteiger partial charge in [-0.1, -0.05) is 17.7 Å². The number of carbonyl (C=O) groups is 3. The Morgan fingerprint density at radius 1 is 1.32 bits per heavy atom. The van der Waals surface area contributed by atoms with Crippen LogP contribution in [0.1, 0.15) is 16.8 Å². The van der Waals surface area contributed by atoms with Crippen LogP contribution < -0.4 is 4.90 Å². The molecule has 6 heteroatoms. The zero-order chi connectivity index (χ0) is 14.2. The van der Waals surface area contributed by atoms with Crippen molar-refractivity contribution in [2.45, 2.75) is 6.42 Å². The van der Waals surface area contributed by atoms with Crippen molar-refractivity contribution in [3.63, 3.8) is 0 Å². The minimum atomic E-state index is -0.630. The van der Waals surface area contributed by atoms with Gasteiger partial charge in [0.2, 0.25) is 5.91 Å². The van der Waals surface area contributed by atoms with Crippen LogP contribution in [0.4, 0.5) is 5.69 Å². The number of nitrogens with zero attached hydrogens (tertiary/aromatic N) is 2. The molecule has 0 N–H and O–H groups in total. The summed E-state index contributed by atoms with van der Waals surface area (Å²) in [6.45, 7) is 0.151. The first-order chi connectivity index (χ1) is 8.93. The molecule has 0 saturated carbocycles. The molecule has 1 aliphatic rings. The molecule has 0 unspecified atom stereocenters. The van der Waals surface area contributed by atoms with Crippen molar-refractivity contribution in [1.82, 2.24) is 4.90 Å². The van der Waals surface area contributed by atoms with Gasteiger partial charge >= 0.3 is 0 Å². The van der Waals surface area contributed by atoms with Crippen molar-refractivity contribution in [3.8, 4) is 0 Å². The number of anilines is 1. The third kappa shape index (κ3) is 2.33. The summed E-state index contributed by atoms with van der Waals surface area (Å²) >= 11 is 6.03. The molecular formula is C13H13ClN2O3. The molecule has 5 nitrogen and oxygen atoms in total. The molecule has 0 atom stereocenters. The average Bonchev–Trinajstić information content (AvgIpc) is 2.61. The predicted octanol–water partition coefficient (Wildman–Crippen LogP) is 1.35. The highest BCUT2D eigenvalue weighted by molar-refractivity contribution is 6.54. The molecule has 0 saturated heterocycles. The first kappa shape index (κ1) is 13.5. The normalized spacial score (nSPS) is 13.7. The second-order valence-corrected chi connectivity index (χ2v) is 4.87. The van der Waals surface area contributed by atoms with Gasteiger partial charge < -0.3 is 9.80 Å². The Balaban J connectivity index is 2.26. The highest BCUT2D eigenvalue weighted by Gasteiger charge is 2.37. The number of ketones is 1. The number of rotatable bonds is 3.